The van der Waals surface area contributed by atoms with Crippen LogP contribution in [0.3, 0.4) is 0 Å². The molecule has 0 spiro atoms. The first-order chi connectivity index (χ1) is 9.86. The maximum absolute atomic E-state index is 12.9. The van der Waals surface area contributed by atoms with E-state index in [0.29, 0.717) is 18.8 Å². The van der Waals surface area contributed by atoms with Crippen molar-refractivity contribution in [3.63, 3.8) is 0 Å². The van der Waals surface area contributed by atoms with Gasteiger partial charge >= 0.3 is 0 Å². The van der Waals surface area contributed by atoms with Gasteiger partial charge in [-0.3, -0.25) is 0 Å². The lowest BCUT2D eigenvalue weighted by Crippen LogP contribution is -3.12. The van der Waals surface area contributed by atoms with Crippen LogP contribution < -0.4 is 9.64 Å². The first-order valence-corrected chi connectivity index (χ1v) is 8.79. The summed E-state index contributed by atoms with van der Waals surface area (Å²) in [6.07, 6.45) is 0. The van der Waals surface area contributed by atoms with Gasteiger partial charge in [-0.1, -0.05) is 19.9 Å². The van der Waals surface area contributed by atoms with E-state index in [4.69, 9.17) is 4.74 Å². The van der Waals surface area contributed by atoms with Crippen molar-refractivity contribution >= 4 is 10.0 Å². The van der Waals surface area contributed by atoms with E-state index in [1.54, 1.807) is 16.4 Å². The zero-order valence-electron chi connectivity index (χ0n) is 13.2. The molecule has 0 saturated carbocycles. The Bertz CT molecular complexity index is 591. The molecule has 0 aliphatic carbocycles. The minimum atomic E-state index is -3.49. The fourth-order valence-corrected chi connectivity index (χ4v) is 4.13. The summed E-state index contributed by atoms with van der Waals surface area (Å²) in [4.78, 5) is 1.65. The molecule has 21 heavy (non-hydrogen) atoms. The van der Waals surface area contributed by atoms with Crippen molar-refractivity contribution in [2.75, 3.05) is 40.3 Å². The number of nitrogens with zero attached hydrogens (tertiary/aromatic N) is 1. The van der Waals surface area contributed by atoms with Crippen molar-refractivity contribution in [1.29, 1.82) is 0 Å². The van der Waals surface area contributed by atoms with Crippen LogP contribution in [0.2, 0.25) is 0 Å². The largest absolute Gasteiger partial charge is 0.495 e. The molecule has 0 unspecified atom stereocenters. The van der Waals surface area contributed by atoms with Crippen molar-refractivity contribution in [3.05, 3.63) is 23.8 Å². The van der Waals surface area contributed by atoms with Crippen LogP contribution in [0.1, 0.15) is 25.3 Å². The molecule has 2 rings (SSSR count). The van der Waals surface area contributed by atoms with E-state index >= 15 is 0 Å². The highest BCUT2D eigenvalue weighted by Gasteiger charge is 2.31. The van der Waals surface area contributed by atoms with Gasteiger partial charge in [0.05, 0.1) is 40.3 Å². The summed E-state index contributed by atoms with van der Waals surface area (Å²) in [6, 6.07) is 5.43. The highest BCUT2D eigenvalue weighted by molar-refractivity contribution is 7.89. The Kier molecular flexibility index (Phi) is 4.91. The zero-order chi connectivity index (χ0) is 15.6. The number of hydrogen-bond donors (Lipinski definition) is 1. The third kappa shape index (κ3) is 3.39. The molecule has 6 heteroatoms. The molecule has 0 atom stereocenters. The summed E-state index contributed by atoms with van der Waals surface area (Å²) in [6.45, 7) is 6.90. The van der Waals surface area contributed by atoms with Crippen molar-refractivity contribution in [2.45, 2.75) is 24.7 Å². The molecule has 0 bridgehead atoms. The van der Waals surface area contributed by atoms with Crippen LogP contribution in [0.15, 0.2) is 23.1 Å². The standard InChI is InChI=1S/C15H24N2O3S/c1-12(2)13-5-6-14(20-4)15(11-13)21(18,19)17-9-7-16(3)8-10-17/h5-6,11-12H,7-10H2,1-4H3/p+1. The van der Waals surface area contributed by atoms with Crippen molar-refractivity contribution in [2.24, 2.45) is 0 Å². The Hall–Kier alpha value is -1.11. The van der Waals surface area contributed by atoms with E-state index in [-0.39, 0.29) is 10.8 Å². The van der Waals surface area contributed by atoms with E-state index in [2.05, 4.69) is 20.9 Å². The summed E-state index contributed by atoms with van der Waals surface area (Å²) >= 11 is 0. The molecule has 118 valence electrons. The number of likely N-dealkylation sites (N-methyl/N-ethyl adjacent to an activating group) is 1. The molecule has 1 aliphatic heterocycles. The second-order valence-electron chi connectivity index (χ2n) is 5.93. The molecule has 5 nitrogen and oxygen atoms in total. The van der Waals surface area contributed by atoms with E-state index in [1.165, 1.54) is 12.0 Å². The van der Waals surface area contributed by atoms with Crippen LogP contribution in [0, 0.1) is 0 Å². The predicted molar refractivity (Wildman–Crippen MR) is 82.5 cm³/mol. The van der Waals surface area contributed by atoms with Crippen LogP contribution in [0.5, 0.6) is 5.75 Å². The number of ether oxygens (including phenoxy) is 1. The van der Waals surface area contributed by atoms with Gasteiger partial charge in [0.1, 0.15) is 10.6 Å². The fourth-order valence-electron chi connectivity index (χ4n) is 2.50. The van der Waals surface area contributed by atoms with Crippen LogP contribution in [-0.2, 0) is 10.0 Å². The minimum Gasteiger partial charge on any atom is -0.495 e. The molecule has 1 N–H and O–H groups in total. The number of piperazine rings is 1. The topological polar surface area (TPSA) is 51.1 Å². The van der Waals surface area contributed by atoms with Crippen LogP contribution in [-0.4, -0.2) is 53.1 Å². The molecule has 1 aromatic rings. The van der Waals surface area contributed by atoms with Crippen molar-refractivity contribution in [1.82, 2.24) is 4.31 Å². The van der Waals surface area contributed by atoms with Gasteiger partial charge in [-0.15, -0.1) is 0 Å². The van der Waals surface area contributed by atoms with Gasteiger partial charge in [-0.2, -0.15) is 4.31 Å². The monoisotopic (exact) mass is 313 g/mol. The smallest absolute Gasteiger partial charge is 0.247 e. The summed E-state index contributed by atoms with van der Waals surface area (Å²) < 4.78 is 32.6. The van der Waals surface area contributed by atoms with E-state index < -0.39 is 10.0 Å². The third-order valence-corrected chi connectivity index (χ3v) is 5.97. The van der Waals surface area contributed by atoms with E-state index in [1.807, 2.05) is 6.07 Å². The molecular formula is C15H25N2O3S+. The Morgan fingerprint density at radius 1 is 1.24 bits per heavy atom. The van der Waals surface area contributed by atoms with Gasteiger partial charge in [-0.25, -0.2) is 8.42 Å². The molecule has 1 saturated heterocycles. The van der Waals surface area contributed by atoms with Crippen LogP contribution >= 0.6 is 0 Å². The Balaban J connectivity index is 2.40. The summed E-state index contributed by atoms with van der Waals surface area (Å²) in [5.41, 5.74) is 1.01. The summed E-state index contributed by atoms with van der Waals surface area (Å²) in [5.74, 6) is 0.701. The summed E-state index contributed by atoms with van der Waals surface area (Å²) in [7, 11) is 0.109. The first kappa shape index (κ1) is 16.3. The number of rotatable bonds is 4. The molecule has 1 heterocycles. The normalized spacial score (nSPS) is 18.1. The lowest BCUT2D eigenvalue weighted by Gasteiger charge is -2.29. The second-order valence-corrected chi connectivity index (χ2v) is 7.83. The van der Waals surface area contributed by atoms with Gasteiger partial charge in [0, 0.05) is 0 Å². The van der Waals surface area contributed by atoms with Gasteiger partial charge < -0.3 is 9.64 Å². The SMILES string of the molecule is COc1ccc(C(C)C)cc1S(=O)(=O)N1CC[NH+](C)CC1. The first-order valence-electron chi connectivity index (χ1n) is 7.35. The third-order valence-electron chi connectivity index (χ3n) is 4.05. The van der Waals surface area contributed by atoms with Crippen LogP contribution in [0.4, 0.5) is 0 Å². The Labute approximate surface area is 127 Å². The fraction of sp³-hybridized carbons (Fsp3) is 0.600. The van der Waals surface area contributed by atoms with Crippen LogP contribution in [0.25, 0.3) is 0 Å². The highest BCUT2D eigenvalue weighted by Crippen LogP contribution is 2.30. The van der Waals surface area contributed by atoms with Gasteiger partial charge in [-0.05, 0) is 23.6 Å². The lowest BCUT2D eigenvalue weighted by molar-refractivity contribution is -0.883. The second kappa shape index (κ2) is 6.34. The van der Waals surface area contributed by atoms with E-state index in [9.17, 15) is 8.42 Å². The number of methoxy groups -OCH3 is 1. The van der Waals surface area contributed by atoms with Gasteiger partial charge in [0.15, 0.2) is 0 Å². The number of benzene rings is 1. The van der Waals surface area contributed by atoms with Gasteiger partial charge in [0.2, 0.25) is 10.0 Å². The Morgan fingerprint density at radius 3 is 2.38 bits per heavy atom. The number of hydrogen-bond acceptors (Lipinski definition) is 3. The number of sulfonamides is 1. The molecule has 1 aromatic carbocycles. The maximum atomic E-state index is 12.9. The molecule has 1 fully saturated rings. The number of quaternary nitrogens is 1. The average Bonchev–Trinajstić information content (AvgIpc) is 2.46. The predicted octanol–water partition coefficient (Wildman–Crippen LogP) is 0.338. The Morgan fingerprint density at radius 2 is 1.86 bits per heavy atom. The van der Waals surface area contributed by atoms with Crippen molar-refractivity contribution in [3.8, 4) is 5.75 Å². The quantitative estimate of drug-likeness (QED) is 0.872. The van der Waals surface area contributed by atoms with E-state index in [0.717, 1.165) is 18.7 Å². The summed E-state index contributed by atoms with van der Waals surface area (Å²) in [5, 5.41) is 0. The zero-order valence-corrected chi connectivity index (χ0v) is 14.0. The minimum absolute atomic E-state index is 0.279. The highest BCUT2D eigenvalue weighted by atomic mass is 32.2. The van der Waals surface area contributed by atoms with Crippen molar-refractivity contribution < 1.29 is 18.1 Å². The molecule has 0 aromatic heterocycles. The molecule has 0 radical (unpaired) electrons. The van der Waals surface area contributed by atoms with Gasteiger partial charge in [0.25, 0.3) is 0 Å². The molecule has 1 aliphatic rings. The maximum Gasteiger partial charge on any atom is 0.247 e. The molecular weight excluding hydrogens is 288 g/mol. The average molecular weight is 313 g/mol. The molecule has 0 amide bonds. The lowest BCUT2D eigenvalue weighted by atomic mass is 10.0. The number of nitrogens with one attached hydrogen (secondary N) is 1.